The van der Waals surface area contributed by atoms with Crippen molar-refractivity contribution >= 4 is 0 Å². The first kappa shape index (κ1) is 16.3. The molecule has 0 radical (unpaired) electrons. The van der Waals surface area contributed by atoms with Crippen molar-refractivity contribution in [1.82, 2.24) is 5.32 Å². The van der Waals surface area contributed by atoms with Crippen molar-refractivity contribution in [3.8, 4) is 0 Å². The Hall–Kier alpha value is -1.03. The zero-order valence-corrected chi connectivity index (χ0v) is 12.8. The average Bonchev–Trinajstić information content (AvgIpc) is 2.49. The minimum Gasteiger partial charge on any atom is -0.310 e. The van der Waals surface area contributed by atoms with Crippen molar-refractivity contribution in [2.45, 2.75) is 52.0 Å². The predicted molar refractivity (Wildman–Crippen MR) is 78.5 cm³/mol. The van der Waals surface area contributed by atoms with E-state index in [1.54, 1.807) is 0 Å². The Balaban J connectivity index is 2.33. The van der Waals surface area contributed by atoms with Crippen LogP contribution in [0.3, 0.4) is 0 Å². The quantitative estimate of drug-likeness (QED) is 0.757. The van der Waals surface area contributed by atoms with Crippen molar-refractivity contribution in [3.63, 3.8) is 0 Å². The molecule has 1 aliphatic rings. The van der Waals surface area contributed by atoms with Gasteiger partial charge in [0.2, 0.25) is 0 Å². The molecule has 1 N–H and O–H groups in total. The first-order chi connectivity index (χ1) is 10.1. The Morgan fingerprint density at radius 2 is 1.71 bits per heavy atom. The molecule has 1 saturated carbocycles. The van der Waals surface area contributed by atoms with E-state index in [2.05, 4.69) is 12.2 Å². The first-order valence-electron chi connectivity index (χ1n) is 7.96. The van der Waals surface area contributed by atoms with E-state index in [0.29, 0.717) is 17.4 Å². The van der Waals surface area contributed by atoms with Gasteiger partial charge in [-0.1, -0.05) is 39.5 Å². The molecule has 1 aliphatic carbocycles. The van der Waals surface area contributed by atoms with Crippen molar-refractivity contribution in [2.24, 2.45) is 11.8 Å². The van der Waals surface area contributed by atoms with Gasteiger partial charge in [0.25, 0.3) is 0 Å². The molecule has 0 aliphatic heterocycles. The number of rotatable bonds is 5. The van der Waals surface area contributed by atoms with Crippen LogP contribution in [0.15, 0.2) is 12.1 Å². The summed E-state index contributed by atoms with van der Waals surface area (Å²) in [6.45, 7) is 4.86. The number of hydrogen-bond donors (Lipinski definition) is 1. The Morgan fingerprint density at radius 3 is 2.29 bits per heavy atom. The van der Waals surface area contributed by atoms with Crippen LogP contribution in [0, 0.1) is 29.3 Å². The molecule has 0 spiro atoms. The SMILES string of the molecule is CCNC(c1cc(F)c(F)c(F)c1)C1CCCCC1CC. The maximum absolute atomic E-state index is 13.5. The van der Waals surface area contributed by atoms with Crippen molar-refractivity contribution < 1.29 is 13.2 Å². The highest BCUT2D eigenvalue weighted by Crippen LogP contribution is 2.40. The van der Waals surface area contributed by atoms with Crippen molar-refractivity contribution in [1.29, 1.82) is 0 Å². The fourth-order valence-electron chi connectivity index (χ4n) is 3.67. The predicted octanol–water partition coefficient (Wildman–Crippen LogP) is 4.97. The summed E-state index contributed by atoms with van der Waals surface area (Å²) in [4.78, 5) is 0. The summed E-state index contributed by atoms with van der Waals surface area (Å²) >= 11 is 0. The van der Waals surface area contributed by atoms with E-state index in [1.807, 2.05) is 6.92 Å². The van der Waals surface area contributed by atoms with Gasteiger partial charge in [0, 0.05) is 6.04 Å². The molecule has 118 valence electrons. The molecular formula is C17H24F3N. The van der Waals surface area contributed by atoms with Crippen LogP contribution in [-0.2, 0) is 0 Å². The van der Waals surface area contributed by atoms with E-state index in [4.69, 9.17) is 0 Å². The van der Waals surface area contributed by atoms with Crippen LogP contribution in [0.2, 0.25) is 0 Å². The second kappa shape index (κ2) is 7.30. The van der Waals surface area contributed by atoms with Gasteiger partial charge in [-0.15, -0.1) is 0 Å². The summed E-state index contributed by atoms with van der Waals surface area (Å²) in [6.07, 6.45) is 5.65. The van der Waals surface area contributed by atoms with Crippen LogP contribution in [0.4, 0.5) is 13.2 Å². The van der Waals surface area contributed by atoms with Crippen LogP contribution in [-0.4, -0.2) is 6.54 Å². The van der Waals surface area contributed by atoms with Gasteiger partial charge in [0.05, 0.1) is 0 Å². The van der Waals surface area contributed by atoms with Crippen LogP contribution < -0.4 is 5.32 Å². The normalized spacial score (nSPS) is 24.0. The Bertz CT molecular complexity index is 452. The molecule has 2 rings (SSSR count). The van der Waals surface area contributed by atoms with Crippen LogP contribution in [0.1, 0.15) is 57.6 Å². The lowest BCUT2D eigenvalue weighted by Gasteiger charge is -2.37. The monoisotopic (exact) mass is 299 g/mol. The summed E-state index contributed by atoms with van der Waals surface area (Å²) in [6, 6.07) is 2.19. The lowest BCUT2D eigenvalue weighted by atomic mass is 9.72. The van der Waals surface area contributed by atoms with Gasteiger partial charge in [-0.2, -0.15) is 0 Å². The van der Waals surface area contributed by atoms with Gasteiger partial charge in [0.1, 0.15) is 0 Å². The Kier molecular flexibility index (Phi) is 5.68. The minimum absolute atomic E-state index is 0.107. The van der Waals surface area contributed by atoms with Gasteiger partial charge in [-0.25, -0.2) is 13.2 Å². The van der Waals surface area contributed by atoms with E-state index in [9.17, 15) is 13.2 Å². The van der Waals surface area contributed by atoms with Gasteiger partial charge in [-0.3, -0.25) is 0 Å². The number of hydrogen-bond acceptors (Lipinski definition) is 1. The summed E-state index contributed by atoms with van der Waals surface area (Å²) in [5.41, 5.74) is 0.526. The van der Waals surface area contributed by atoms with Gasteiger partial charge in [-0.05, 0) is 42.5 Å². The molecule has 0 amide bonds. The smallest absolute Gasteiger partial charge is 0.194 e. The standard InChI is InChI=1S/C17H24F3N/c1-3-11-7-5-6-8-13(11)17(21-4-2)12-9-14(18)16(20)15(19)10-12/h9-11,13,17,21H,3-8H2,1-2H3. The number of benzene rings is 1. The van der Waals surface area contributed by atoms with Crippen molar-refractivity contribution in [2.75, 3.05) is 6.54 Å². The zero-order chi connectivity index (χ0) is 15.4. The second-order valence-electron chi connectivity index (χ2n) is 5.95. The van der Waals surface area contributed by atoms with Crippen LogP contribution in [0.25, 0.3) is 0 Å². The third-order valence-corrected chi connectivity index (χ3v) is 4.71. The minimum atomic E-state index is -1.38. The molecule has 0 heterocycles. The lowest BCUT2D eigenvalue weighted by Crippen LogP contribution is -2.34. The third kappa shape index (κ3) is 3.60. The number of nitrogens with one attached hydrogen (secondary N) is 1. The van der Waals surface area contributed by atoms with Crippen LogP contribution in [0.5, 0.6) is 0 Å². The third-order valence-electron chi connectivity index (χ3n) is 4.71. The summed E-state index contributed by atoms with van der Waals surface area (Å²) in [5, 5.41) is 3.35. The Labute approximate surface area is 124 Å². The maximum atomic E-state index is 13.5. The largest absolute Gasteiger partial charge is 0.310 e. The molecule has 1 aromatic rings. The molecular weight excluding hydrogens is 275 g/mol. The second-order valence-corrected chi connectivity index (χ2v) is 5.95. The molecule has 0 bridgehead atoms. The molecule has 0 aromatic heterocycles. The fourth-order valence-corrected chi connectivity index (χ4v) is 3.67. The molecule has 3 atom stereocenters. The Morgan fingerprint density at radius 1 is 1.10 bits per heavy atom. The molecule has 3 unspecified atom stereocenters. The molecule has 1 nitrogen and oxygen atoms in total. The lowest BCUT2D eigenvalue weighted by molar-refractivity contribution is 0.176. The summed E-state index contributed by atoms with van der Waals surface area (Å²) in [5.74, 6) is -2.68. The fraction of sp³-hybridized carbons (Fsp3) is 0.647. The molecule has 0 saturated heterocycles. The van der Waals surface area contributed by atoms with Gasteiger partial charge >= 0.3 is 0 Å². The maximum Gasteiger partial charge on any atom is 0.194 e. The van der Waals surface area contributed by atoms with E-state index < -0.39 is 17.5 Å². The van der Waals surface area contributed by atoms with E-state index in [0.717, 1.165) is 44.4 Å². The summed E-state index contributed by atoms with van der Waals surface area (Å²) < 4.78 is 40.3. The van der Waals surface area contributed by atoms with Crippen molar-refractivity contribution in [3.05, 3.63) is 35.1 Å². The highest BCUT2D eigenvalue weighted by molar-refractivity contribution is 5.24. The zero-order valence-electron chi connectivity index (χ0n) is 12.8. The van der Waals surface area contributed by atoms with Crippen LogP contribution >= 0.6 is 0 Å². The highest BCUT2D eigenvalue weighted by Gasteiger charge is 2.32. The number of halogens is 3. The van der Waals surface area contributed by atoms with E-state index >= 15 is 0 Å². The van der Waals surface area contributed by atoms with E-state index in [1.165, 1.54) is 6.42 Å². The molecule has 4 heteroatoms. The molecule has 1 fully saturated rings. The van der Waals surface area contributed by atoms with Gasteiger partial charge < -0.3 is 5.32 Å². The molecule has 21 heavy (non-hydrogen) atoms. The first-order valence-corrected chi connectivity index (χ1v) is 7.96. The topological polar surface area (TPSA) is 12.0 Å². The highest BCUT2D eigenvalue weighted by atomic mass is 19.2. The van der Waals surface area contributed by atoms with Gasteiger partial charge in [0.15, 0.2) is 17.5 Å². The average molecular weight is 299 g/mol. The molecule has 1 aromatic carbocycles. The summed E-state index contributed by atoms with van der Waals surface area (Å²) in [7, 11) is 0. The van der Waals surface area contributed by atoms with E-state index in [-0.39, 0.29) is 6.04 Å².